The van der Waals surface area contributed by atoms with Crippen molar-refractivity contribution in [3.8, 4) is 5.75 Å². The van der Waals surface area contributed by atoms with Gasteiger partial charge in [0.25, 0.3) is 5.60 Å². The molecular weight excluding hydrogens is 490 g/mol. The molecule has 34 heavy (non-hydrogen) atoms. The summed E-state index contributed by atoms with van der Waals surface area (Å²) in [7, 11) is 0. The smallest absolute Gasteiger partial charge is 0.430 e. The Bertz CT molecular complexity index is 1280. The number of halogens is 7. The van der Waals surface area contributed by atoms with Crippen LogP contribution in [0.2, 0.25) is 5.02 Å². The van der Waals surface area contributed by atoms with Crippen molar-refractivity contribution >= 4 is 28.3 Å². The summed E-state index contributed by atoms with van der Waals surface area (Å²) in [5, 5.41) is 29.6. The van der Waals surface area contributed by atoms with E-state index < -0.39 is 57.0 Å². The number of hydrogen-bond acceptors (Lipinski definition) is 3. The van der Waals surface area contributed by atoms with Gasteiger partial charge in [0.05, 0.1) is 0 Å². The Hall–Kier alpha value is -2.98. The Balaban J connectivity index is 2.12. The molecule has 0 radical (unpaired) electrons. The van der Waals surface area contributed by atoms with Gasteiger partial charge in [-0.1, -0.05) is 41.9 Å². The van der Waals surface area contributed by atoms with Gasteiger partial charge in [0.1, 0.15) is 11.3 Å². The number of carboxylic acid groups (broad SMARTS) is 1. The van der Waals surface area contributed by atoms with Gasteiger partial charge in [-0.25, -0.2) is 4.79 Å². The number of aliphatic hydroxyl groups is 1. The number of hydrogen-bond donors (Lipinski definition) is 3. The quantitative estimate of drug-likeness (QED) is 0.365. The maximum atomic E-state index is 13.7. The molecule has 0 spiro atoms. The summed E-state index contributed by atoms with van der Waals surface area (Å²) in [5.41, 5.74) is -8.38. The minimum atomic E-state index is -6.17. The van der Waals surface area contributed by atoms with Crippen molar-refractivity contribution in [3.63, 3.8) is 0 Å². The molecule has 1 aliphatic carbocycles. The molecular formula is C23H15ClF6O4. The molecule has 3 aromatic carbocycles. The van der Waals surface area contributed by atoms with Gasteiger partial charge in [0.2, 0.25) is 0 Å². The summed E-state index contributed by atoms with van der Waals surface area (Å²) in [6.07, 6.45) is -11.7. The molecule has 3 aromatic rings. The van der Waals surface area contributed by atoms with Gasteiger partial charge in [0, 0.05) is 27.0 Å². The number of rotatable bonds is 4. The highest BCUT2D eigenvalue weighted by Gasteiger charge is 2.71. The molecule has 0 atom stereocenters. The van der Waals surface area contributed by atoms with Gasteiger partial charge in [0.15, 0.2) is 0 Å². The fraction of sp³-hybridized carbons (Fsp3) is 0.261. The van der Waals surface area contributed by atoms with Gasteiger partial charge >= 0.3 is 18.3 Å². The van der Waals surface area contributed by atoms with Crippen LogP contribution in [0, 0.1) is 0 Å². The Morgan fingerprint density at radius 2 is 1.47 bits per heavy atom. The van der Waals surface area contributed by atoms with E-state index in [2.05, 4.69) is 0 Å². The lowest BCUT2D eigenvalue weighted by atomic mass is 9.81. The first-order valence-electron chi connectivity index (χ1n) is 9.80. The number of carboxylic acids is 1. The van der Waals surface area contributed by atoms with Crippen LogP contribution in [0.4, 0.5) is 26.3 Å². The lowest BCUT2D eigenvalue weighted by Crippen LogP contribution is -2.54. The lowest BCUT2D eigenvalue weighted by Gasteiger charge is -2.34. The minimum Gasteiger partial charge on any atom is -0.507 e. The second-order valence-electron chi connectivity index (χ2n) is 8.15. The van der Waals surface area contributed by atoms with Gasteiger partial charge in [-0.3, -0.25) is 0 Å². The van der Waals surface area contributed by atoms with Crippen molar-refractivity contribution in [3.05, 3.63) is 75.8 Å². The molecule has 1 aliphatic rings. The maximum Gasteiger partial charge on any atom is 0.430 e. The van der Waals surface area contributed by atoms with Crippen LogP contribution in [0.15, 0.2) is 48.5 Å². The third kappa shape index (κ3) is 3.39. The molecule has 3 N–H and O–H groups in total. The van der Waals surface area contributed by atoms with Crippen molar-refractivity contribution in [1.82, 2.24) is 0 Å². The minimum absolute atomic E-state index is 0.154. The predicted molar refractivity (Wildman–Crippen MR) is 110 cm³/mol. The van der Waals surface area contributed by atoms with Crippen LogP contribution in [0.1, 0.15) is 39.9 Å². The van der Waals surface area contributed by atoms with Crippen molar-refractivity contribution in [2.45, 2.75) is 36.2 Å². The van der Waals surface area contributed by atoms with Gasteiger partial charge in [-0.05, 0) is 42.0 Å². The number of fused-ring (bicyclic) bond motifs is 1. The molecule has 0 heterocycles. The summed E-state index contributed by atoms with van der Waals surface area (Å²) < 4.78 is 81.9. The van der Waals surface area contributed by atoms with E-state index in [0.29, 0.717) is 29.5 Å². The van der Waals surface area contributed by atoms with Gasteiger partial charge in [-0.2, -0.15) is 26.3 Å². The topological polar surface area (TPSA) is 77.8 Å². The molecule has 4 rings (SSSR count). The monoisotopic (exact) mass is 504 g/mol. The Morgan fingerprint density at radius 3 is 1.94 bits per heavy atom. The molecule has 1 saturated carbocycles. The Kier molecular flexibility index (Phi) is 5.34. The van der Waals surface area contributed by atoms with Crippen molar-refractivity contribution in [2.24, 2.45) is 0 Å². The van der Waals surface area contributed by atoms with Crippen LogP contribution in [0.25, 0.3) is 10.8 Å². The van der Waals surface area contributed by atoms with E-state index in [1.54, 1.807) is 12.1 Å². The molecule has 0 aliphatic heterocycles. The van der Waals surface area contributed by atoms with E-state index in [9.17, 15) is 46.5 Å². The molecule has 0 unspecified atom stereocenters. The maximum absolute atomic E-state index is 13.7. The number of benzene rings is 3. The number of carbonyl (C=O) groups is 1. The summed E-state index contributed by atoms with van der Waals surface area (Å²) >= 11 is 5.89. The van der Waals surface area contributed by atoms with Crippen LogP contribution >= 0.6 is 11.6 Å². The average molecular weight is 505 g/mol. The van der Waals surface area contributed by atoms with E-state index in [-0.39, 0.29) is 5.56 Å². The first-order valence-corrected chi connectivity index (χ1v) is 10.2. The molecule has 1 fully saturated rings. The van der Waals surface area contributed by atoms with Crippen molar-refractivity contribution < 1.29 is 46.5 Å². The summed E-state index contributed by atoms with van der Waals surface area (Å²) in [6, 6.07) is 9.27. The van der Waals surface area contributed by atoms with Crippen molar-refractivity contribution in [1.29, 1.82) is 0 Å². The van der Waals surface area contributed by atoms with Gasteiger partial charge < -0.3 is 15.3 Å². The highest BCUT2D eigenvalue weighted by molar-refractivity contribution is 6.30. The van der Waals surface area contributed by atoms with E-state index in [4.69, 9.17) is 11.6 Å². The second kappa shape index (κ2) is 7.51. The predicted octanol–water partition coefficient (Wildman–Crippen LogP) is 6.29. The van der Waals surface area contributed by atoms with E-state index in [1.165, 1.54) is 12.1 Å². The van der Waals surface area contributed by atoms with Crippen LogP contribution in [-0.2, 0) is 11.0 Å². The normalized spacial score (nSPS) is 16.0. The SMILES string of the molecule is O=C(O)c1c(O)c(C2(c3ccc(Cl)cc3)CC2)cc2c(C(O)(C(F)(F)F)C(F)(F)F)cccc12. The molecule has 4 nitrogen and oxygen atoms in total. The fourth-order valence-corrected chi connectivity index (χ4v) is 4.51. The van der Waals surface area contributed by atoms with E-state index >= 15 is 0 Å². The largest absolute Gasteiger partial charge is 0.507 e. The zero-order valence-electron chi connectivity index (χ0n) is 16.9. The number of phenols is 1. The number of aromatic carboxylic acids is 1. The third-order valence-electron chi connectivity index (χ3n) is 6.24. The summed E-state index contributed by atoms with van der Waals surface area (Å²) in [4.78, 5) is 12.0. The molecule has 0 bridgehead atoms. The first-order chi connectivity index (χ1) is 15.6. The van der Waals surface area contributed by atoms with Crippen molar-refractivity contribution in [2.75, 3.05) is 0 Å². The summed E-state index contributed by atoms with van der Waals surface area (Å²) in [5.74, 6) is -2.52. The fourth-order valence-electron chi connectivity index (χ4n) is 4.38. The Labute approximate surface area is 193 Å². The Morgan fingerprint density at radius 1 is 0.912 bits per heavy atom. The molecule has 0 amide bonds. The lowest BCUT2D eigenvalue weighted by molar-refractivity contribution is -0.375. The highest BCUT2D eigenvalue weighted by atomic mass is 35.5. The molecule has 0 aromatic heterocycles. The standard InChI is InChI=1S/C23H15ClF6O4/c24-12-6-4-11(5-7-12)20(8-9-20)16-10-14-13(17(18(16)31)19(32)33)2-1-3-15(14)21(34,22(25,26)27)23(28,29)30/h1-7,10,31,34H,8-9H2,(H,32,33). The van der Waals surface area contributed by atoms with Gasteiger partial charge in [-0.15, -0.1) is 0 Å². The average Bonchev–Trinajstić information content (AvgIpc) is 3.52. The molecule has 11 heteroatoms. The van der Waals surface area contributed by atoms with Crippen LogP contribution in [-0.4, -0.2) is 33.6 Å². The molecule has 180 valence electrons. The van der Waals surface area contributed by atoms with Crippen LogP contribution < -0.4 is 0 Å². The first kappa shape index (κ1) is 24.2. The number of alkyl halides is 6. The second-order valence-corrected chi connectivity index (χ2v) is 8.58. The highest BCUT2D eigenvalue weighted by Crippen LogP contribution is 2.58. The zero-order chi connectivity index (χ0) is 25.3. The van der Waals surface area contributed by atoms with E-state index in [1.807, 2.05) is 0 Å². The van der Waals surface area contributed by atoms with Crippen LogP contribution in [0.3, 0.4) is 0 Å². The van der Waals surface area contributed by atoms with Crippen LogP contribution in [0.5, 0.6) is 5.75 Å². The number of aromatic hydroxyl groups is 1. The summed E-state index contributed by atoms with van der Waals surface area (Å²) in [6.45, 7) is 0. The molecule has 0 saturated heterocycles. The van der Waals surface area contributed by atoms with E-state index in [0.717, 1.165) is 18.2 Å². The third-order valence-corrected chi connectivity index (χ3v) is 6.49. The zero-order valence-corrected chi connectivity index (χ0v) is 17.7.